The molecule has 1 aliphatic rings. The van der Waals surface area contributed by atoms with Crippen LogP contribution in [0, 0.1) is 0 Å². The molecular formula is C17H24Cl2N4O3S. The van der Waals surface area contributed by atoms with Gasteiger partial charge in [0.2, 0.25) is 10.0 Å². The van der Waals surface area contributed by atoms with Gasteiger partial charge in [-0.25, -0.2) is 8.42 Å². The molecule has 0 aliphatic carbocycles. The third-order valence-electron chi connectivity index (χ3n) is 4.57. The Bertz CT molecular complexity index is 867. The summed E-state index contributed by atoms with van der Waals surface area (Å²) < 4.78 is 32.6. The van der Waals surface area contributed by atoms with Crippen molar-refractivity contribution in [3.05, 3.63) is 29.0 Å². The van der Waals surface area contributed by atoms with Gasteiger partial charge >= 0.3 is 0 Å². The Kier molecular flexibility index (Phi) is 7.64. The van der Waals surface area contributed by atoms with E-state index in [2.05, 4.69) is 15.5 Å². The van der Waals surface area contributed by atoms with Crippen LogP contribution in [-0.4, -0.2) is 49.0 Å². The van der Waals surface area contributed by atoms with Crippen molar-refractivity contribution in [2.75, 3.05) is 20.1 Å². The number of hydrogen-bond donors (Lipinski definition) is 1. The molecule has 2 heterocycles. The molecule has 7 nitrogen and oxygen atoms in total. The Hall–Kier alpha value is -1.19. The average Bonchev–Trinajstić information content (AvgIpc) is 3.10. The van der Waals surface area contributed by atoms with Crippen LogP contribution in [0.2, 0.25) is 5.02 Å². The highest BCUT2D eigenvalue weighted by atomic mass is 35.5. The molecule has 1 fully saturated rings. The van der Waals surface area contributed by atoms with Crippen LogP contribution in [0.15, 0.2) is 27.6 Å². The first-order chi connectivity index (χ1) is 12.4. The van der Waals surface area contributed by atoms with E-state index in [1.165, 1.54) is 16.4 Å². The molecule has 10 heteroatoms. The monoisotopic (exact) mass is 434 g/mol. The maximum Gasteiger partial charge on any atom is 0.259 e. The Morgan fingerprint density at radius 2 is 2.00 bits per heavy atom. The van der Waals surface area contributed by atoms with Gasteiger partial charge in [-0.05, 0) is 45.0 Å². The highest BCUT2D eigenvalue weighted by molar-refractivity contribution is 7.89. The predicted octanol–water partition coefficient (Wildman–Crippen LogP) is 3.14. The predicted molar refractivity (Wildman–Crippen MR) is 107 cm³/mol. The molecule has 1 saturated heterocycles. The lowest BCUT2D eigenvalue weighted by Crippen LogP contribution is -2.35. The largest absolute Gasteiger partial charge is 0.334 e. The van der Waals surface area contributed by atoms with Gasteiger partial charge in [0.25, 0.3) is 5.89 Å². The highest BCUT2D eigenvalue weighted by Crippen LogP contribution is 2.31. The number of hydrogen-bond acceptors (Lipinski definition) is 6. The molecule has 0 amide bonds. The summed E-state index contributed by atoms with van der Waals surface area (Å²) in [5.41, 5.74) is 0.431. The van der Waals surface area contributed by atoms with E-state index in [4.69, 9.17) is 16.1 Å². The van der Waals surface area contributed by atoms with E-state index >= 15 is 0 Å². The van der Waals surface area contributed by atoms with Gasteiger partial charge in [-0.15, -0.1) is 12.4 Å². The van der Waals surface area contributed by atoms with Crippen molar-refractivity contribution in [2.24, 2.45) is 0 Å². The fraction of sp³-hybridized carbons (Fsp3) is 0.529. The fourth-order valence-electron chi connectivity index (χ4n) is 2.91. The highest BCUT2D eigenvalue weighted by Gasteiger charge is 2.27. The standard InChI is InChI=1S/C17H23ClN4O3S.ClH/c1-12(19-2)10-16-20-17(25-21-16)14-11-13(6-7-15(14)18)26(23,24)22-8-4-3-5-9-22;/h6-7,11-12,19H,3-5,8-10H2,1-2H3;1H. The maximum absolute atomic E-state index is 12.9. The number of likely N-dealkylation sites (N-methyl/N-ethyl adjacent to an activating group) is 1. The van der Waals surface area contributed by atoms with Crippen molar-refractivity contribution in [1.82, 2.24) is 19.8 Å². The minimum atomic E-state index is -3.55. The zero-order chi connectivity index (χ0) is 18.7. The number of rotatable bonds is 6. The first-order valence-corrected chi connectivity index (χ1v) is 10.5. The van der Waals surface area contributed by atoms with Crippen LogP contribution in [-0.2, 0) is 16.4 Å². The van der Waals surface area contributed by atoms with Gasteiger partial charge in [-0.2, -0.15) is 9.29 Å². The van der Waals surface area contributed by atoms with Crippen LogP contribution < -0.4 is 5.32 Å². The molecule has 2 aromatic rings. The second kappa shape index (κ2) is 9.34. The van der Waals surface area contributed by atoms with Crippen molar-refractivity contribution >= 4 is 34.0 Å². The summed E-state index contributed by atoms with van der Waals surface area (Å²) in [5.74, 6) is 0.770. The number of piperidine rings is 1. The molecule has 1 N–H and O–H groups in total. The van der Waals surface area contributed by atoms with Gasteiger partial charge in [0.15, 0.2) is 5.82 Å². The first-order valence-electron chi connectivity index (χ1n) is 8.71. The molecule has 1 atom stereocenters. The van der Waals surface area contributed by atoms with Crippen molar-refractivity contribution in [3.8, 4) is 11.5 Å². The van der Waals surface area contributed by atoms with E-state index in [0.29, 0.717) is 35.9 Å². The average molecular weight is 435 g/mol. The van der Waals surface area contributed by atoms with Crippen molar-refractivity contribution in [3.63, 3.8) is 0 Å². The van der Waals surface area contributed by atoms with Crippen LogP contribution >= 0.6 is 24.0 Å². The number of nitrogens with one attached hydrogen (secondary N) is 1. The third-order valence-corrected chi connectivity index (χ3v) is 6.79. The molecule has 3 rings (SSSR count). The summed E-state index contributed by atoms with van der Waals surface area (Å²) >= 11 is 6.26. The summed E-state index contributed by atoms with van der Waals surface area (Å²) in [4.78, 5) is 4.55. The van der Waals surface area contributed by atoms with Crippen LogP contribution in [0.3, 0.4) is 0 Å². The van der Waals surface area contributed by atoms with Crippen LogP contribution in [0.1, 0.15) is 32.0 Å². The molecular weight excluding hydrogens is 411 g/mol. The smallest absolute Gasteiger partial charge is 0.259 e. The van der Waals surface area contributed by atoms with Gasteiger partial charge < -0.3 is 9.84 Å². The lowest BCUT2D eigenvalue weighted by molar-refractivity contribution is 0.346. The first kappa shape index (κ1) is 22.1. The molecule has 150 valence electrons. The topological polar surface area (TPSA) is 88.3 Å². The van der Waals surface area contributed by atoms with Gasteiger partial charge in [-0.1, -0.05) is 23.2 Å². The van der Waals surface area contributed by atoms with Gasteiger partial charge in [0.1, 0.15) is 0 Å². The summed E-state index contributed by atoms with van der Waals surface area (Å²) in [6, 6.07) is 4.80. The summed E-state index contributed by atoms with van der Waals surface area (Å²) in [6.07, 6.45) is 3.43. The minimum absolute atomic E-state index is 0. The second-order valence-corrected chi connectivity index (χ2v) is 8.86. The zero-order valence-electron chi connectivity index (χ0n) is 15.3. The number of benzene rings is 1. The molecule has 0 radical (unpaired) electrons. The molecule has 27 heavy (non-hydrogen) atoms. The van der Waals surface area contributed by atoms with Crippen LogP contribution in [0.25, 0.3) is 11.5 Å². The Balaban J connectivity index is 0.00000261. The molecule has 1 aliphatic heterocycles. The number of nitrogens with zero attached hydrogens (tertiary/aromatic N) is 3. The molecule has 0 saturated carbocycles. The van der Waals surface area contributed by atoms with Crippen molar-refractivity contribution in [2.45, 2.75) is 43.5 Å². The van der Waals surface area contributed by atoms with Crippen LogP contribution in [0.5, 0.6) is 0 Å². The Morgan fingerprint density at radius 1 is 1.30 bits per heavy atom. The third kappa shape index (κ3) is 5.00. The van der Waals surface area contributed by atoms with E-state index in [9.17, 15) is 8.42 Å². The lowest BCUT2D eigenvalue weighted by Gasteiger charge is -2.26. The van der Waals surface area contributed by atoms with Gasteiger partial charge in [0.05, 0.1) is 15.5 Å². The number of sulfonamides is 1. The fourth-order valence-corrected chi connectivity index (χ4v) is 4.65. The maximum atomic E-state index is 12.9. The number of aromatic nitrogens is 2. The Morgan fingerprint density at radius 3 is 2.67 bits per heavy atom. The molecule has 1 aromatic carbocycles. The normalized spacial score (nSPS) is 16.7. The summed E-state index contributed by atoms with van der Waals surface area (Å²) in [5, 5.41) is 7.44. The van der Waals surface area contributed by atoms with E-state index in [-0.39, 0.29) is 29.2 Å². The molecule has 1 aromatic heterocycles. The lowest BCUT2D eigenvalue weighted by atomic mass is 10.2. The number of halogens is 2. The van der Waals surface area contributed by atoms with Crippen molar-refractivity contribution < 1.29 is 12.9 Å². The van der Waals surface area contributed by atoms with E-state index in [1.54, 1.807) is 6.07 Å². The summed E-state index contributed by atoms with van der Waals surface area (Å²) in [6.45, 7) is 3.11. The van der Waals surface area contributed by atoms with E-state index < -0.39 is 10.0 Å². The molecule has 1 unspecified atom stereocenters. The van der Waals surface area contributed by atoms with E-state index in [0.717, 1.165) is 19.3 Å². The molecule has 0 spiro atoms. The molecule has 0 bridgehead atoms. The quantitative estimate of drug-likeness (QED) is 0.750. The second-order valence-electron chi connectivity index (χ2n) is 6.52. The van der Waals surface area contributed by atoms with Crippen LogP contribution in [0.4, 0.5) is 0 Å². The minimum Gasteiger partial charge on any atom is -0.334 e. The van der Waals surface area contributed by atoms with Crippen molar-refractivity contribution in [1.29, 1.82) is 0 Å². The van der Waals surface area contributed by atoms with E-state index in [1.807, 2.05) is 14.0 Å². The SMILES string of the molecule is CNC(C)Cc1noc(-c2cc(S(=O)(=O)N3CCCCC3)ccc2Cl)n1.Cl. The summed E-state index contributed by atoms with van der Waals surface area (Å²) in [7, 11) is -1.69. The van der Waals surface area contributed by atoms with Gasteiger partial charge in [0, 0.05) is 25.6 Å². The Labute approximate surface area is 170 Å². The zero-order valence-corrected chi connectivity index (χ0v) is 17.7. The van der Waals surface area contributed by atoms with Gasteiger partial charge in [-0.3, -0.25) is 0 Å².